The number of hydrogen-bond acceptors (Lipinski definition) is 2. The molecule has 0 spiro atoms. The first-order valence-electron chi connectivity index (χ1n) is 4.82. The van der Waals surface area contributed by atoms with Gasteiger partial charge in [0.05, 0.1) is 0 Å². The Morgan fingerprint density at radius 2 is 2.27 bits per heavy atom. The van der Waals surface area contributed by atoms with Gasteiger partial charge in [-0.1, -0.05) is 35.9 Å². The van der Waals surface area contributed by atoms with Gasteiger partial charge in [-0.15, -0.1) is 0 Å². The van der Waals surface area contributed by atoms with Crippen LogP contribution in [0.5, 0.6) is 0 Å². The molecule has 1 aromatic rings. The number of thiol groups is 1. The van der Waals surface area contributed by atoms with Crippen LogP contribution in [0.25, 0.3) is 0 Å². The Bertz CT molecular complexity index is 338. The molecule has 0 aliphatic rings. The number of likely N-dealkylation sites (N-methyl/N-ethyl adjacent to an activating group) is 1. The van der Waals surface area contributed by atoms with Crippen molar-refractivity contribution >= 4 is 24.2 Å². The van der Waals surface area contributed by atoms with Crippen LogP contribution in [-0.4, -0.2) is 24.2 Å². The summed E-state index contributed by atoms with van der Waals surface area (Å²) in [6, 6.07) is 7.92. The topological polar surface area (TPSA) is 3.24 Å². The highest BCUT2D eigenvalue weighted by Crippen LogP contribution is 2.12. The molecule has 0 saturated heterocycles. The monoisotopic (exact) mass is 241 g/mol. The quantitative estimate of drug-likeness (QED) is 0.612. The van der Waals surface area contributed by atoms with Gasteiger partial charge in [-0.2, -0.15) is 12.6 Å². The van der Waals surface area contributed by atoms with Crippen LogP contribution in [-0.2, 0) is 6.54 Å². The Morgan fingerprint density at radius 3 is 2.87 bits per heavy atom. The standard InChI is InChI=1S/C12H16ClNS/c1-10(9-15)7-14(2)8-11-4-3-5-12(13)6-11/h3-6,15H,1,7-9H2,2H3. The maximum atomic E-state index is 5.91. The van der Waals surface area contributed by atoms with Crippen molar-refractivity contribution in [3.63, 3.8) is 0 Å². The van der Waals surface area contributed by atoms with Crippen molar-refractivity contribution < 1.29 is 0 Å². The Morgan fingerprint density at radius 1 is 1.53 bits per heavy atom. The van der Waals surface area contributed by atoms with E-state index in [4.69, 9.17) is 11.6 Å². The molecule has 0 heterocycles. The van der Waals surface area contributed by atoms with Gasteiger partial charge in [-0.25, -0.2) is 0 Å². The summed E-state index contributed by atoms with van der Waals surface area (Å²) in [5.41, 5.74) is 2.35. The van der Waals surface area contributed by atoms with Crippen molar-refractivity contribution in [3.8, 4) is 0 Å². The second kappa shape index (κ2) is 6.21. The number of nitrogens with zero attached hydrogens (tertiary/aromatic N) is 1. The van der Waals surface area contributed by atoms with Crippen LogP contribution in [0.15, 0.2) is 36.4 Å². The molecule has 0 saturated carbocycles. The lowest BCUT2D eigenvalue weighted by molar-refractivity contribution is 0.356. The lowest BCUT2D eigenvalue weighted by atomic mass is 10.2. The molecule has 0 fully saturated rings. The van der Waals surface area contributed by atoms with E-state index in [2.05, 4.69) is 37.2 Å². The highest BCUT2D eigenvalue weighted by atomic mass is 35.5. The number of benzene rings is 1. The van der Waals surface area contributed by atoms with E-state index >= 15 is 0 Å². The Hall–Kier alpha value is -0.440. The summed E-state index contributed by atoms with van der Waals surface area (Å²) >= 11 is 10.1. The minimum atomic E-state index is 0.736. The molecule has 1 nitrogen and oxygen atoms in total. The van der Waals surface area contributed by atoms with Gasteiger partial charge in [-0.05, 0) is 24.7 Å². The van der Waals surface area contributed by atoms with E-state index in [0.29, 0.717) is 0 Å². The predicted octanol–water partition coefficient (Wildman–Crippen LogP) is 3.26. The van der Waals surface area contributed by atoms with Crippen molar-refractivity contribution in [2.75, 3.05) is 19.3 Å². The lowest BCUT2D eigenvalue weighted by Gasteiger charge is -2.17. The van der Waals surface area contributed by atoms with E-state index in [9.17, 15) is 0 Å². The van der Waals surface area contributed by atoms with E-state index in [1.54, 1.807) is 0 Å². The SMILES string of the molecule is C=C(CS)CN(C)Cc1cccc(Cl)c1. The van der Waals surface area contributed by atoms with E-state index in [-0.39, 0.29) is 0 Å². The summed E-state index contributed by atoms with van der Waals surface area (Å²) in [6.07, 6.45) is 0. The van der Waals surface area contributed by atoms with E-state index in [1.807, 2.05) is 18.2 Å². The van der Waals surface area contributed by atoms with Crippen LogP contribution in [0.4, 0.5) is 0 Å². The predicted molar refractivity (Wildman–Crippen MR) is 70.8 cm³/mol. The molecule has 0 radical (unpaired) electrons. The smallest absolute Gasteiger partial charge is 0.0409 e. The number of rotatable bonds is 5. The van der Waals surface area contributed by atoms with Crippen LogP contribution in [0.1, 0.15) is 5.56 Å². The van der Waals surface area contributed by atoms with Crippen molar-refractivity contribution in [2.24, 2.45) is 0 Å². The number of halogens is 1. The van der Waals surface area contributed by atoms with Crippen LogP contribution in [0, 0.1) is 0 Å². The molecule has 0 atom stereocenters. The molecule has 0 amide bonds. The molecular weight excluding hydrogens is 226 g/mol. The maximum Gasteiger partial charge on any atom is 0.0409 e. The summed E-state index contributed by atoms with van der Waals surface area (Å²) < 4.78 is 0. The average Bonchev–Trinajstić information content (AvgIpc) is 2.17. The molecule has 1 rings (SSSR count). The normalized spacial score (nSPS) is 10.7. The van der Waals surface area contributed by atoms with Gasteiger partial charge in [0.25, 0.3) is 0 Å². The van der Waals surface area contributed by atoms with E-state index < -0.39 is 0 Å². The third-order valence-electron chi connectivity index (χ3n) is 2.06. The first-order chi connectivity index (χ1) is 7.11. The zero-order valence-electron chi connectivity index (χ0n) is 8.91. The minimum Gasteiger partial charge on any atom is -0.298 e. The zero-order valence-corrected chi connectivity index (χ0v) is 10.6. The van der Waals surface area contributed by atoms with Crippen molar-refractivity contribution in [3.05, 3.63) is 47.0 Å². The minimum absolute atomic E-state index is 0.736. The van der Waals surface area contributed by atoms with Crippen LogP contribution in [0.3, 0.4) is 0 Å². The van der Waals surface area contributed by atoms with Gasteiger partial charge in [0.15, 0.2) is 0 Å². The Kier molecular flexibility index (Phi) is 5.23. The summed E-state index contributed by atoms with van der Waals surface area (Å²) in [7, 11) is 2.07. The first kappa shape index (κ1) is 12.6. The van der Waals surface area contributed by atoms with Gasteiger partial charge in [0.1, 0.15) is 0 Å². The maximum absolute atomic E-state index is 5.91. The highest BCUT2D eigenvalue weighted by Gasteiger charge is 2.02. The van der Waals surface area contributed by atoms with Gasteiger partial charge in [0.2, 0.25) is 0 Å². The lowest BCUT2D eigenvalue weighted by Crippen LogP contribution is -2.20. The summed E-state index contributed by atoms with van der Waals surface area (Å²) in [5.74, 6) is 0.736. The van der Waals surface area contributed by atoms with E-state index in [1.165, 1.54) is 5.56 Å². The van der Waals surface area contributed by atoms with Gasteiger partial charge >= 0.3 is 0 Å². The molecule has 82 valence electrons. The highest BCUT2D eigenvalue weighted by molar-refractivity contribution is 7.80. The molecule has 1 aromatic carbocycles. The molecule has 0 aliphatic carbocycles. The Labute approximate surface area is 102 Å². The number of hydrogen-bond donors (Lipinski definition) is 1. The van der Waals surface area contributed by atoms with Crippen LogP contribution < -0.4 is 0 Å². The molecule has 3 heteroatoms. The fourth-order valence-electron chi connectivity index (χ4n) is 1.43. The van der Waals surface area contributed by atoms with Crippen molar-refractivity contribution in [2.45, 2.75) is 6.54 Å². The summed E-state index contributed by atoms with van der Waals surface area (Å²) in [6.45, 7) is 5.68. The summed E-state index contributed by atoms with van der Waals surface area (Å²) in [4.78, 5) is 2.20. The van der Waals surface area contributed by atoms with Crippen LogP contribution >= 0.6 is 24.2 Å². The second-order valence-electron chi connectivity index (χ2n) is 3.71. The average molecular weight is 242 g/mol. The fourth-order valence-corrected chi connectivity index (χ4v) is 1.75. The second-order valence-corrected chi connectivity index (χ2v) is 4.46. The van der Waals surface area contributed by atoms with Gasteiger partial charge in [-0.3, -0.25) is 4.90 Å². The molecule has 0 aromatic heterocycles. The molecular formula is C12H16ClNS. The molecule has 0 N–H and O–H groups in total. The zero-order chi connectivity index (χ0) is 11.3. The fraction of sp³-hybridized carbons (Fsp3) is 0.333. The summed E-state index contributed by atoms with van der Waals surface area (Å²) in [5, 5.41) is 0.786. The van der Waals surface area contributed by atoms with Gasteiger partial charge in [0, 0.05) is 23.9 Å². The van der Waals surface area contributed by atoms with Gasteiger partial charge < -0.3 is 0 Å². The third kappa shape index (κ3) is 4.74. The van der Waals surface area contributed by atoms with Crippen molar-refractivity contribution in [1.82, 2.24) is 4.90 Å². The molecule has 0 aliphatic heterocycles. The third-order valence-corrected chi connectivity index (χ3v) is 2.74. The van der Waals surface area contributed by atoms with Crippen molar-refractivity contribution in [1.29, 1.82) is 0 Å². The van der Waals surface area contributed by atoms with E-state index in [0.717, 1.165) is 29.4 Å². The molecule has 0 bridgehead atoms. The molecule has 0 unspecified atom stereocenters. The first-order valence-corrected chi connectivity index (χ1v) is 5.83. The largest absolute Gasteiger partial charge is 0.298 e. The van der Waals surface area contributed by atoms with Crippen LogP contribution in [0.2, 0.25) is 5.02 Å². The molecule has 15 heavy (non-hydrogen) atoms. The Balaban J connectivity index is 2.51.